The van der Waals surface area contributed by atoms with Gasteiger partial charge in [-0.2, -0.15) is 0 Å². The Morgan fingerprint density at radius 2 is 2.12 bits per heavy atom. The molecule has 1 fully saturated rings. The number of allylic oxidation sites excluding steroid dienone is 1. The summed E-state index contributed by atoms with van der Waals surface area (Å²) in [7, 11) is 0. The first-order chi connectivity index (χ1) is 11.6. The molecule has 1 saturated carbocycles. The average Bonchev–Trinajstić information content (AvgIpc) is 2.94. The van der Waals surface area contributed by atoms with Gasteiger partial charge in [-0.25, -0.2) is 4.79 Å². The Balaban J connectivity index is 2.19. The van der Waals surface area contributed by atoms with E-state index in [0.29, 0.717) is 24.0 Å². The zero-order valence-corrected chi connectivity index (χ0v) is 15.5. The molecule has 0 aliphatic heterocycles. The Hall–Kier alpha value is -1.88. The third-order valence-electron chi connectivity index (χ3n) is 6.39. The van der Waals surface area contributed by atoms with Crippen molar-refractivity contribution in [3.8, 4) is 0 Å². The van der Waals surface area contributed by atoms with Gasteiger partial charge in [0, 0.05) is 22.5 Å². The number of carbonyl (C=O) groups excluding carboxylic acids is 2. The van der Waals surface area contributed by atoms with Gasteiger partial charge < -0.3 is 14.3 Å². The van der Waals surface area contributed by atoms with Crippen LogP contribution < -0.4 is 0 Å². The molecule has 2 aliphatic carbocycles. The highest BCUT2D eigenvalue weighted by Gasteiger charge is 2.63. The summed E-state index contributed by atoms with van der Waals surface area (Å²) < 4.78 is 11.4. The van der Waals surface area contributed by atoms with E-state index in [1.165, 1.54) is 6.26 Å². The lowest BCUT2D eigenvalue weighted by molar-refractivity contribution is -0.194. The molecule has 2 aliphatic rings. The summed E-state index contributed by atoms with van der Waals surface area (Å²) in [5.74, 6) is -0.693. The van der Waals surface area contributed by atoms with Crippen molar-refractivity contribution < 1.29 is 23.8 Å². The minimum Gasteiger partial charge on any atom is -0.461 e. The first-order valence-electron chi connectivity index (χ1n) is 8.83. The maximum atomic E-state index is 13.0. The second kappa shape index (κ2) is 5.84. The van der Waals surface area contributed by atoms with Gasteiger partial charge in [-0.15, -0.1) is 0 Å². The second-order valence-corrected chi connectivity index (χ2v) is 7.78. The highest BCUT2D eigenvalue weighted by Crippen LogP contribution is 2.61. The number of furan rings is 1. The van der Waals surface area contributed by atoms with E-state index in [1.807, 2.05) is 13.8 Å². The van der Waals surface area contributed by atoms with Gasteiger partial charge >= 0.3 is 5.97 Å². The van der Waals surface area contributed by atoms with E-state index in [9.17, 15) is 14.7 Å². The van der Waals surface area contributed by atoms with Crippen LogP contribution in [0.5, 0.6) is 0 Å². The van der Waals surface area contributed by atoms with Crippen molar-refractivity contribution in [2.45, 2.75) is 65.6 Å². The fourth-order valence-corrected chi connectivity index (χ4v) is 4.39. The smallest absolute Gasteiger partial charge is 0.334 e. The number of esters is 1. The van der Waals surface area contributed by atoms with Gasteiger partial charge in [-0.1, -0.05) is 13.0 Å². The Morgan fingerprint density at radius 1 is 1.44 bits per heavy atom. The van der Waals surface area contributed by atoms with Crippen molar-refractivity contribution in [3.05, 3.63) is 34.8 Å². The largest absolute Gasteiger partial charge is 0.461 e. The summed E-state index contributed by atoms with van der Waals surface area (Å²) >= 11 is 0. The number of hydrogen-bond donors (Lipinski definition) is 1. The molecular weight excluding hydrogens is 320 g/mol. The van der Waals surface area contributed by atoms with Gasteiger partial charge in [0.1, 0.15) is 6.10 Å². The molecule has 1 heterocycles. The third-order valence-corrected chi connectivity index (χ3v) is 6.39. The fraction of sp³-hybridized carbons (Fsp3) is 0.600. The van der Waals surface area contributed by atoms with E-state index in [2.05, 4.69) is 0 Å². The number of carbonyl (C=O) groups is 2. The van der Waals surface area contributed by atoms with Crippen LogP contribution in [0.4, 0.5) is 0 Å². The van der Waals surface area contributed by atoms with E-state index in [1.54, 1.807) is 26.8 Å². The number of ketones is 1. The first-order valence-corrected chi connectivity index (χ1v) is 8.83. The molecule has 0 radical (unpaired) electrons. The number of hydrogen-bond acceptors (Lipinski definition) is 5. The Morgan fingerprint density at radius 3 is 2.76 bits per heavy atom. The molecule has 136 valence electrons. The minimum absolute atomic E-state index is 0.0966. The molecule has 0 unspecified atom stereocenters. The van der Waals surface area contributed by atoms with Gasteiger partial charge in [-0.05, 0) is 52.5 Å². The average molecular weight is 346 g/mol. The van der Waals surface area contributed by atoms with Crippen molar-refractivity contribution in [1.29, 1.82) is 0 Å². The maximum absolute atomic E-state index is 13.0. The zero-order chi connectivity index (χ0) is 18.6. The SMILES string of the molecule is C/C=C(/C)C(=O)O[C@@H]1c2c(C)coc2C(=O)[C@H]2CCC[C@@](C)(O)[C@]21C. The van der Waals surface area contributed by atoms with E-state index < -0.39 is 29.0 Å². The molecular formula is C20H26O5. The molecule has 0 amide bonds. The summed E-state index contributed by atoms with van der Waals surface area (Å²) in [6.07, 6.45) is 4.47. The number of fused-ring (bicyclic) bond motifs is 2. The molecule has 5 heteroatoms. The van der Waals surface area contributed by atoms with Crippen LogP contribution in [0, 0.1) is 18.3 Å². The summed E-state index contributed by atoms with van der Waals surface area (Å²) in [4.78, 5) is 25.5. The molecule has 4 atom stereocenters. The normalized spacial score (nSPS) is 35.1. The highest BCUT2D eigenvalue weighted by atomic mass is 16.5. The monoisotopic (exact) mass is 346 g/mol. The summed E-state index contributed by atoms with van der Waals surface area (Å²) in [6, 6.07) is 0. The van der Waals surface area contributed by atoms with Gasteiger partial charge in [-0.3, -0.25) is 4.79 Å². The number of ether oxygens (including phenoxy) is 1. The fourth-order valence-electron chi connectivity index (χ4n) is 4.39. The predicted molar refractivity (Wildman–Crippen MR) is 92.1 cm³/mol. The van der Waals surface area contributed by atoms with Gasteiger partial charge in [0.25, 0.3) is 0 Å². The van der Waals surface area contributed by atoms with Crippen molar-refractivity contribution in [3.63, 3.8) is 0 Å². The predicted octanol–water partition coefficient (Wildman–Crippen LogP) is 3.89. The van der Waals surface area contributed by atoms with Gasteiger partial charge in [0.05, 0.1) is 11.9 Å². The third kappa shape index (κ3) is 2.40. The number of aliphatic hydroxyl groups is 1. The van der Waals surface area contributed by atoms with Crippen LogP contribution in [-0.4, -0.2) is 22.5 Å². The number of aryl methyl sites for hydroxylation is 1. The van der Waals surface area contributed by atoms with Crippen LogP contribution >= 0.6 is 0 Å². The molecule has 1 N–H and O–H groups in total. The quantitative estimate of drug-likeness (QED) is 0.649. The van der Waals surface area contributed by atoms with Crippen LogP contribution in [0.1, 0.15) is 74.7 Å². The summed E-state index contributed by atoms with van der Waals surface area (Å²) in [6.45, 7) is 8.92. The molecule has 0 aromatic carbocycles. The standard InChI is InChI=1S/C20H26O5/c1-6-11(2)18(22)25-17-14-12(3)10-24-16(14)15(21)13-8-7-9-19(4,23)20(13,17)5/h6,10,13,17,23H,7-9H2,1-5H3/b11-6-/t13-,17-,19-,20-/m1/s1. The van der Waals surface area contributed by atoms with Gasteiger partial charge in [0.2, 0.25) is 5.78 Å². The van der Waals surface area contributed by atoms with Crippen LogP contribution in [0.2, 0.25) is 0 Å². The lowest BCUT2D eigenvalue weighted by atomic mass is 9.51. The van der Waals surface area contributed by atoms with Crippen LogP contribution in [-0.2, 0) is 9.53 Å². The topological polar surface area (TPSA) is 76.7 Å². The molecule has 1 aromatic rings. The number of Topliss-reactive ketones (excluding diaryl/α,β-unsaturated/α-hetero) is 1. The molecule has 3 rings (SSSR count). The van der Waals surface area contributed by atoms with Crippen molar-refractivity contribution in [1.82, 2.24) is 0 Å². The lowest BCUT2D eigenvalue weighted by Crippen LogP contribution is -2.59. The van der Waals surface area contributed by atoms with Crippen LogP contribution in [0.25, 0.3) is 0 Å². The lowest BCUT2D eigenvalue weighted by Gasteiger charge is -2.55. The number of rotatable bonds is 2. The molecule has 0 saturated heterocycles. The Bertz CT molecular complexity index is 754. The van der Waals surface area contributed by atoms with E-state index in [4.69, 9.17) is 9.15 Å². The maximum Gasteiger partial charge on any atom is 0.334 e. The summed E-state index contributed by atoms with van der Waals surface area (Å²) in [5.41, 5.74) is -0.159. The van der Waals surface area contributed by atoms with Crippen LogP contribution in [0.3, 0.4) is 0 Å². The minimum atomic E-state index is -1.12. The van der Waals surface area contributed by atoms with E-state index in [-0.39, 0.29) is 11.5 Å². The zero-order valence-electron chi connectivity index (χ0n) is 15.5. The van der Waals surface area contributed by atoms with Crippen molar-refractivity contribution >= 4 is 11.8 Å². The molecule has 5 nitrogen and oxygen atoms in total. The van der Waals surface area contributed by atoms with Crippen LogP contribution in [0.15, 0.2) is 22.3 Å². The van der Waals surface area contributed by atoms with E-state index in [0.717, 1.165) is 12.0 Å². The first kappa shape index (κ1) is 17.9. The van der Waals surface area contributed by atoms with E-state index >= 15 is 0 Å². The summed E-state index contributed by atoms with van der Waals surface area (Å²) in [5, 5.41) is 11.2. The molecule has 25 heavy (non-hydrogen) atoms. The van der Waals surface area contributed by atoms with Gasteiger partial charge in [0.15, 0.2) is 5.76 Å². The second-order valence-electron chi connectivity index (χ2n) is 7.78. The Kier molecular flexibility index (Phi) is 4.18. The Labute approximate surface area is 148 Å². The highest BCUT2D eigenvalue weighted by molar-refractivity contribution is 5.99. The van der Waals surface area contributed by atoms with Crippen molar-refractivity contribution in [2.24, 2.45) is 11.3 Å². The molecule has 0 bridgehead atoms. The molecule has 0 spiro atoms. The van der Waals surface area contributed by atoms with Crippen molar-refractivity contribution in [2.75, 3.05) is 0 Å². The molecule has 1 aromatic heterocycles.